The molecule has 1 aromatic heterocycles. The molecule has 80 valence electrons. The van der Waals surface area contributed by atoms with E-state index in [1.807, 2.05) is 0 Å². The lowest BCUT2D eigenvalue weighted by Crippen LogP contribution is -2.14. The molecule has 0 fully saturated rings. The molecule has 0 saturated carbocycles. The van der Waals surface area contributed by atoms with Crippen molar-refractivity contribution < 1.29 is 8.42 Å². The van der Waals surface area contributed by atoms with Crippen LogP contribution in [-0.2, 0) is 15.8 Å². The van der Waals surface area contributed by atoms with E-state index in [4.69, 9.17) is 16.7 Å². The number of hydrogen-bond acceptors (Lipinski definition) is 2. The minimum atomic E-state index is -3.50. The van der Waals surface area contributed by atoms with E-state index in [0.29, 0.717) is 10.6 Å². The molecule has 0 spiro atoms. The minimum Gasteiger partial charge on any atom is -0.361 e. The van der Waals surface area contributed by atoms with Crippen molar-refractivity contribution in [1.82, 2.24) is 4.98 Å². The Bertz CT molecular complexity index is 604. The van der Waals surface area contributed by atoms with E-state index in [9.17, 15) is 8.42 Å². The predicted molar refractivity (Wildman–Crippen MR) is 60.1 cm³/mol. The van der Waals surface area contributed by atoms with Crippen LogP contribution in [0, 0.1) is 0 Å². The Hall–Kier alpha value is -1.04. The molecule has 0 aliphatic rings. The maximum atomic E-state index is 10.9. The molecule has 0 unspecified atom stereocenters. The Labute approximate surface area is 92.1 Å². The smallest absolute Gasteiger partial charge is 0.213 e. The topological polar surface area (TPSA) is 76.0 Å². The number of nitrogens with two attached hydrogens (primary N) is 1. The predicted octanol–water partition coefficient (Wildman–Crippen LogP) is 1.61. The van der Waals surface area contributed by atoms with Gasteiger partial charge in [-0.3, -0.25) is 0 Å². The van der Waals surface area contributed by atoms with Crippen LogP contribution in [0.5, 0.6) is 0 Å². The highest BCUT2D eigenvalue weighted by atomic mass is 35.5. The Morgan fingerprint density at radius 2 is 2.13 bits per heavy atom. The molecule has 0 radical (unpaired) electrons. The van der Waals surface area contributed by atoms with Crippen LogP contribution in [0.3, 0.4) is 0 Å². The van der Waals surface area contributed by atoms with E-state index in [-0.39, 0.29) is 5.75 Å². The van der Waals surface area contributed by atoms with Gasteiger partial charge in [0.05, 0.1) is 5.75 Å². The van der Waals surface area contributed by atoms with Crippen LogP contribution in [0.25, 0.3) is 10.9 Å². The summed E-state index contributed by atoms with van der Waals surface area (Å²) in [6.45, 7) is 0. The number of fused-ring (bicyclic) bond motifs is 1. The molecule has 4 nitrogen and oxygen atoms in total. The second-order valence-corrected chi connectivity index (χ2v) is 5.36. The maximum absolute atomic E-state index is 10.9. The second-order valence-electron chi connectivity index (χ2n) is 3.31. The van der Waals surface area contributed by atoms with Gasteiger partial charge in [-0.15, -0.1) is 0 Å². The Morgan fingerprint density at radius 3 is 2.80 bits per heavy atom. The van der Waals surface area contributed by atoms with Gasteiger partial charge in [-0.1, -0.05) is 17.7 Å². The van der Waals surface area contributed by atoms with Crippen molar-refractivity contribution >= 4 is 32.5 Å². The molecule has 0 aliphatic carbocycles. The summed E-state index contributed by atoms with van der Waals surface area (Å²) in [6, 6.07) is 5.22. The van der Waals surface area contributed by atoms with Gasteiger partial charge in [0.25, 0.3) is 0 Å². The van der Waals surface area contributed by atoms with Gasteiger partial charge in [0.1, 0.15) is 0 Å². The fraction of sp³-hybridized carbons (Fsp3) is 0.111. The zero-order valence-corrected chi connectivity index (χ0v) is 9.27. The van der Waals surface area contributed by atoms with Crippen molar-refractivity contribution in [2.24, 2.45) is 5.14 Å². The first-order chi connectivity index (χ1) is 6.96. The molecular weight excluding hydrogens is 236 g/mol. The SMILES string of the molecule is NS(=O)(=O)Cc1c[nH]c2cc(Cl)ccc12. The third-order valence-electron chi connectivity index (χ3n) is 2.09. The molecule has 2 rings (SSSR count). The average molecular weight is 245 g/mol. The molecule has 1 aromatic carbocycles. The summed E-state index contributed by atoms with van der Waals surface area (Å²) in [5, 5.41) is 6.41. The van der Waals surface area contributed by atoms with Crippen LogP contribution in [-0.4, -0.2) is 13.4 Å². The minimum absolute atomic E-state index is 0.172. The van der Waals surface area contributed by atoms with Gasteiger partial charge in [0.15, 0.2) is 0 Å². The first-order valence-corrected chi connectivity index (χ1v) is 6.31. The highest BCUT2D eigenvalue weighted by Gasteiger charge is 2.10. The molecule has 0 aliphatic heterocycles. The van der Waals surface area contributed by atoms with Crippen LogP contribution in [0.15, 0.2) is 24.4 Å². The van der Waals surface area contributed by atoms with Crippen LogP contribution >= 0.6 is 11.6 Å². The molecule has 2 aromatic rings. The van der Waals surface area contributed by atoms with Crippen LogP contribution in [0.2, 0.25) is 5.02 Å². The number of benzene rings is 1. The van der Waals surface area contributed by atoms with Crippen LogP contribution in [0.4, 0.5) is 0 Å². The van der Waals surface area contributed by atoms with E-state index in [0.717, 1.165) is 10.9 Å². The number of rotatable bonds is 2. The highest BCUT2D eigenvalue weighted by Crippen LogP contribution is 2.22. The first kappa shape index (κ1) is 10.5. The molecule has 1 heterocycles. The number of aromatic amines is 1. The number of hydrogen-bond donors (Lipinski definition) is 2. The fourth-order valence-corrected chi connectivity index (χ4v) is 2.34. The number of sulfonamides is 1. The maximum Gasteiger partial charge on any atom is 0.213 e. The van der Waals surface area contributed by atoms with Crippen LogP contribution in [0.1, 0.15) is 5.56 Å². The summed E-state index contributed by atoms with van der Waals surface area (Å²) in [5.41, 5.74) is 1.46. The normalized spacial score (nSPS) is 12.1. The zero-order chi connectivity index (χ0) is 11.1. The van der Waals surface area contributed by atoms with Gasteiger partial charge in [-0.25, -0.2) is 13.6 Å². The summed E-state index contributed by atoms with van der Waals surface area (Å²) in [5.74, 6) is -0.172. The van der Waals surface area contributed by atoms with Crippen molar-refractivity contribution in [2.75, 3.05) is 0 Å². The Kier molecular flexibility index (Phi) is 2.46. The first-order valence-electron chi connectivity index (χ1n) is 4.22. The monoisotopic (exact) mass is 244 g/mol. The number of nitrogens with one attached hydrogen (secondary N) is 1. The third-order valence-corrected chi connectivity index (χ3v) is 3.03. The zero-order valence-electron chi connectivity index (χ0n) is 7.70. The molecule has 0 saturated heterocycles. The molecular formula is C9H9ClN2O2S. The molecule has 15 heavy (non-hydrogen) atoms. The van der Waals surface area contributed by atoms with Gasteiger partial charge >= 0.3 is 0 Å². The molecule has 0 bridgehead atoms. The van der Waals surface area contributed by atoms with E-state index in [1.165, 1.54) is 0 Å². The molecule has 3 N–H and O–H groups in total. The summed E-state index contributed by atoms with van der Waals surface area (Å²) in [4.78, 5) is 2.95. The van der Waals surface area contributed by atoms with Gasteiger partial charge in [0.2, 0.25) is 10.0 Å². The highest BCUT2D eigenvalue weighted by molar-refractivity contribution is 7.88. The van der Waals surface area contributed by atoms with Gasteiger partial charge in [0, 0.05) is 22.1 Å². The molecule has 6 heteroatoms. The van der Waals surface area contributed by atoms with Crippen molar-refractivity contribution in [2.45, 2.75) is 5.75 Å². The Balaban J connectivity index is 2.55. The summed E-state index contributed by atoms with van der Waals surface area (Å²) in [7, 11) is -3.50. The van der Waals surface area contributed by atoms with Gasteiger partial charge < -0.3 is 4.98 Å². The van der Waals surface area contributed by atoms with E-state index < -0.39 is 10.0 Å². The lowest BCUT2D eigenvalue weighted by molar-refractivity contribution is 0.597. The van der Waals surface area contributed by atoms with Gasteiger partial charge in [-0.05, 0) is 17.7 Å². The summed E-state index contributed by atoms with van der Waals surface area (Å²) < 4.78 is 21.9. The largest absolute Gasteiger partial charge is 0.361 e. The van der Waals surface area contributed by atoms with E-state index in [1.54, 1.807) is 24.4 Å². The number of halogens is 1. The third kappa shape index (κ3) is 2.31. The van der Waals surface area contributed by atoms with Crippen molar-refractivity contribution in [3.8, 4) is 0 Å². The molecule has 0 amide bonds. The second kappa shape index (κ2) is 3.52. The van der Waals surface area contributed by atoms with Crippen molar-refractivity contribution in [1.29, 1.82) is 0 Å². The van der Waals surface area contributed by atoms with E-state index >= 15 is 0 Å². The number of aromatic nitrogens is 1. The fourth-order valence-electron chi connectivity index (χ4n) is 1.49. The lowest BCUT2D eigenvalue weighted by atomic mass is 10.2. The van der Waals surface area contributed by atoms with E-state index in [2.05, 4.69) is 4.98 Å². The number of primary sulfonamides is 1. The van der Waals surface area contributed by atoms with Gasteiger partial charge in [-0.2, -0.15) is 0 Å². The lowest BCUT2D eigenvalue weighted by Gasteiger charge is -1.97. The van der Waals surface area contributed by atoms with Crippen LogP contribution < -0.4 is 5.14 Å². The van der Waals surface area contributed by atoms with Crippen molar-refractivity contribution in [3.05, 3.63) is 35.0 Å². The standard InChI is InChI=1S/C9H9ClN2O2S/c10-7-1-2-8-6(5-15(11,13)14)4-12-9(8)3-7/h1-4,12H,5H2,(H2,11,13,14). The molecule has 0 atom stereocenters. The number of H-pyrrole nitrogens is 1. The quantitative estimate of drug-likeness (QED) is 0.842. The Morgan fingerprint density at radius 1 is 1.40 bits per heavy atom. The summed E-state index contributed by atoms with van der Waals surface area (Å²) >= 11 is 5.80. The summed E-state index contributed by atoms with van der Waals surface area (Å²) in [6.07, 6.45) is 1.63. The van der Waals surface area contributed by atoms with Crippen molar-refractivity contribution in [3.63, 3.8) is 0 Å². The average Bonchev–Trinajstić information content (AvgIpc) is 2.45.